The van der Waals surface area contributed by atoms with Crippen LogP contribution in [0.25, 0.3) is 0 Å². The molecule has 1 aromatic carbocycles. The maximum Gasteiger partial charge on any atom is 0.389 e. The minimum Gasteiger partial charge on any atom is -0.343 e. The van der Waals surface area contributed by atoms with Crippen LogP contribution in [-0.4, -0.2) is 64.3 Å². The van der Waals surface area contributed by atoms with Crippen molar-refractivity contribution in [2.45, 2.75) is 44.2 Å². The van der Waals surface area contributed by atoms with Crippen LogP contribution < -0.4 is 5.32 Å². The van der Waals surface area contributed by atoms with Crippen LogP contribution in [0.3, 0.4) is 0 Å². The monoisotopic (exact) mass is 475 g/mol. The highest BCUT2D eigenvalue weighted by atomic mass is 19.4. The Kier molecular flexibility index (Phi) is 7.33. The third-order valence-corrected chi connectivity index (χ3v) is 6.50. The number of hydrogen-bond donors (Lipinski definition) is 1. The molecular weight excluding hydrogens is 447 g/mol. The predicted molar refractivity (Wildman–Crippen MR) is 120 cm³/mol. The molecule has 182 valence electrons. The van der Waals surface area contributed by atoms with E-state index >= 15 is 0 Å². The molecular formula is C24H28F3N5O2. The van der Waals surface area contributed by atoms with Gasteiger partial charge in [0.05, 0.1) is 12.1 Å². The number of carbonyl (C=O) groups is 2. The summed E-state index contributed by atoms with van der Waals surface area (Å²) in [6.45, 7) is 2.22. The summed E-state index contributed by atoms with van der Waals surface area (Å²) in [5.74, 6) is 0.181. The zero-order valence-electron chi connectivity index (χ0n) is 18.8. The Hall–Kier alpha value is -3.17. The van der Waals surface area contributed by atoms with E-state index in [0.29, 0.717) is 32.1 Å². The molecule has 3 amide bonds. The molecule has 2 saturated heterocycles. The number of urea groups is 1. The van der Waals surface area contributed by atoms with Gasteiger partial charge in [-0.15, -0.1) is 0 Å². The van der Waals surface area contributed by atoms with Gasteiger partial charge in [-0.1, -0.05) is 12.1 Å². The summed E-state index contributed by atoms with van der Waals surface area (Å²) in [7, 11) is 0. The van der Waals surface area contributed by atoms with E-state index in [1.54, 1.807) is 16.0 Å². The molecule has 0 saturated carbocycles. The number of aromatic nitrogens is 2. The number of piperidine rings is 1. The first kappa shape index (κ1) is 24.0. The number of likely N-dealkylation sites (tertiary alicyclic amines) is 2. The van der Waals surface area contributed by atoms with Gasteiger partial charge in [-0.3, -0.25) is 4.79 Å². The highest BCUT2D eigenvalue weighted by Crippen LogP contribution is 2.27. The largest absolute Gasteiger partial charge is 0.389 e. The summed E-state index contributed by atoms with van der Waals surface area (Å²) in [4.78, 5) is 27.7. The van der Waals surface area contributed by atoms with Gasteiger partial charge in [0.1, 0.15) is 0 Å². The molecule has 1 N–H and O–H groups in total. The summed E-state index contributed by atoms with van der Waals surface area (Å²) < 4.78 is 37.0. The molecule has 0 radical (unpaired) electrons. The molecule has 0 atom stereocenters. The molecule has 4 rings (SSSR count). The Balaban J connectivity index is 1.17. The van der Waals surface area contributed by atoms with Crippen molar-refractivity contribution in [2.24, 2.45) is 5.92 Å². The Morgan fingerprint density at radius 3 is 2.35 bits per heavy atom. The van der Waals surface area contributed by atoms with Gasteiger partial charge in [-0.25, -0.2) is 4.79 Å². The third-order valence-electron chi connectivity index (χ3n) is 6.50. The van der Waals surface area contributed by atoms with Gasteiger partial charge in [0.2, 0.25) is 5.91 Å². The van der Waals surface area contributed by atoms with Crippen molar-refractivity contribution in [1.29, 1.82) is 0 Å². The number of nitrogens with zero attached hydrogens (tertiary/aromatic N) is 4. The van der Waals surface area contributed by atoms with E-state index in [9.17, 15) is 22.8 Å². The van der Waals surface area contributed by atoms with E-state index in [1.165, 1.54) is 0 Å². The van der Waals surface area contributed by atoms with Crippen LogP contribution in [0.15, 0.2) is 42.6 Å². The highest BCUT2D eigenvalue weighted by Gasteiger charge is 2.33. The van der Waals surface area contributed by atoms with Gasteiger partial charge in [-0.2, -0.15) is 23.4 Å². The summed E-state index contributed by atoms with van der Waals surface area (Å²) in [6, 6.07) is 11.3. The topological polar surface area (TPSA) is 78.4 Å². The standard InChI is InChI=1S/C24H28F3N5O2/c25-24(26,27)10-7-22(33)31-12-8-18(9-13-31)14-17-3-5-20(6-4-17)29-23(34)32-15-19(16-32)21-2-1-11-28-30-21/h1-6,11,18-19H,7-10,12-16H2,(H,29,34). The second-order valence-electron chi connectivity index (χ2n) is 9.02. The molecule has 10 heteroatoms. The Bertz CT molecular complexity index is 970. The van der Waals surface area contributed by atoms with Gasteiger partial charge in [-0.05, 0) is 55.0 Å². The van der Waals surface area contributed by atoms with E-state index in [2.05, 4.69) is 15.5 Å². The fourth-order valence-electron chi connectivity index (χ4n) is 4.42. The average molecular weight is 476 g/mol. The lowest BCUT2D eigenvalue weighted by atomic mass is 9.90. The lowest BCUT2D eigenvalue weighted by molar-refractivity contribution is -0.149. The van der Waals surface area contributed by atoms with Crippen LogP contribution in [0.2, 0.25) is 0 Å². The molecule has 0 spiro atoms. The molecule has 7 nitrogen and oxygen atoms in total. The number of alkyl halides is 3. The highest BCUT2D eigenvalue weighted by molar-refractivity contribution is 5.90. The van der Waals surface area contributed by atoms with Gasteiger partial charge < -0.3 is 15.1 Å². The van der Waals surface area contributed by atoms with Gasteiger partial charge in [0, 0.05) is 50.4 Å². The molecule has 34 heavy (non-hydrogen) atoms. The zero-order chi connectivity index (χ0) is 24.1. The van der Waals surface area contributed by atoms with E-state index in [0.717, 1.165) is 36.2 Å². The summed E-state index contributed by atoms with van der Waals surface area (Å²) >= 11 is 0. The van der Waals surface area contributed by atoms with E-state index < -0.39 is 24.9 Å². The number of anilines is 1. The number of rotatable bonds is 6. The molecule has 0 bridgehead atoms. The lowest BCUT2D eigenvalue weighted by Crippen LogP contribution is -2.50. The molecule has 2 aromatic rings. The minimum absolute atomic E-state index is 0.143. The first-order valence-corrected chi connectivity index (χ1v) is 11.5. The maximum atomic E-state index is 12.4. The summed E-state index contributed by atoms with van der Waals surface area (Å²) in [5.41, 5.74) is 2.75. The third kappa shape index (κ3) is 6.45. The second kappa shape index (κ2) is 10.4. The van der Waals surface area contributed by atoms with Crippen LogP contribution >= 0.6 is 0 Å². The smallest absolute Gasteiger partial charge is 0.343 e. The number of nitrogens with one attached hydrogen (secondary N) is 1. The fraction of sp³-hybridized carbons (Fsp3) is 0.500. The predicted octanol–water partition coefficient (Wildman–Crippen LogP) is 4.23. The van der Waals surface area contributed by atoms with Crippen molar-refractivity contribution < 1.29 is 22.8 Å². The van der Waals surface area contributed by atoms with Gasteiger partial charge >= 0.3 is 12.2 Å². The number of amides is 3. The molecule has 0 aliphatic carbocycles. The Morgan fingerprint density at radius 1 is 1.03 bits per heavy atom. The fourth-order valence-corrected chi connectivity index (χ4v) is 4.42. The maximum absolute atomic E-state index is 12.4. The minimum atomic E-state index is -4.30. The first-order chi connectivity index (χ1) is 16.3. The van der Waals surface area contributed by atoms with Crippen molar-refractivity contribution in [3.05, 3.63) is 53.9 Å². The van der Waals surface area contributed by atoms with E-state index in [4.69, 9.17) is 0 Å². The van der Waals surface area contributed by atoms with Crippen molar-refractivity contribution in [1.82, 2.24) is 20.0 Å². The quantitative estimate of drug-likeness (QED) is 0.678. The second-order valence-corrected chi connectivity index (χ2v) is 9.02. The number of benzene rings is 1. The van der Waals surface area contributed by atoms with Crippen LogP contribution in [0, 0.1) is 5.92 Å². The molecule has 3 heterocycles. The molecule has 2 aliphatic rings. The number of carbonyl (C=O) groups excluding carboxylic acids is 2. The van der Waals surface area contributed by atoms with Crippen LogP contribution in [0.4, 0.5) is 23.7 Å². The number of hydrogen-bond acceptors (Lipinski definition) is 4. The summed E-state index contributed by atoms with van der Waals surface area (Å²) in [5, 5.41) is 10.9. The lowest BCUT2D eigenvalue weighted by Gasteiger charge is -2.38. The number of halogens is 3. The molecule has 0 unspecified atom stereocenters. The Labute approximate surface area is 196 Å². The average Bonchev–Trinajstić information content (AvgIpc) is 2.78. The van der Waals surface area contributed by atoms with Crippen LogP contribution in [0.5, 0.6) is 0 Å². The molecule has 2 aliphatic heterocycles. The summed E-state index contributed by atoms with van der Waals surface area (Å²) in [6.07, 6.45) is -1.81. The van der Waals surface area contributed by atoms with Crippen molar-refractivity contribution >= 4 is 17.6 Å². The SMILES string of the molecule is O=C(CCC(F)(F)F)N1CCC(Cc2ccc(NC(=O)N3CC(c4cccnn4)C3)cc2)CC1. The van der Waals surface area contributed by atoms with Crippen LogP contribution in [0.1, 0.15) is 42.9 Å². The van der Waals surface area contributed by atoms with E-state index in [1.807, 2.05) is 36.4 Å². The first-order valence-electron chi connectivity index (χ1n) is 11.5. The van der Waals surface area contributed by atoms with Crippen LogP contribution in [-0.2, 0) is 11.2 Å². The van der Waals surface area contributed by atoms with Gasteiger partial charge in [0.15, 0.2) is 0 Å². The van der Waals surface area contributed by atoms with Crippen molar-refractivity contribution in [3.8, 4) is 0 Å². The zero-order valence-corrected chi connectivity index (χ0v) is 18.8. The van der Waals surface area contributed by atoms with Crippen molar-refractivity contribution in [3.63, 3.8) is 0 Å². The van der Waals surface area contributed by atoms with Gasteiger partial charge in [0.25, 0.3) is 0 Å². The molecule has 1 aromatic heterocycles. The Morgan fingerprint density at radius 2 is 1.74 bits per heavy atom. The normalized spacial score (nSPS) is 17.4. The van der Waals surface area contributed by atoms with Crippen molar-refractivity contribution in [2.75, 3.05) is 31.5 Å². The molecule has 2 fully saturated rings. The van der Waals surface area contributed by atoms with E-state index in [-0.39, 0.29) is 11.9 Å².